The molecule has 0 saturated carbocycles. The highest BCUT2D eigenvalue weighted by Gasteiger charge is 1.95. The van der Waals surface area contributed by atoms with Crippen LogP contribution in [0.15, 0.2) is 0 Å². The van der Waals surface area contributed by atoms with E-state index in [1.165, 1.54) is 0 Å². The Bertz CT molecular complexity index is 178. The third-order valence-corrected chi connectivity index (χ3v) is 0.505. The fourth-order valence-electron chi connectivity index (χ4n) is 0.433. The van der Waals surface area contributed by atoms with Gasteiger partial charge in [0.15, 0.2) is 0 Å². The smallest absolute Gasteiger partial charge is 0.0297 e. The molecule has 0 saturated heterocycles. The average Bonchev–Trinajstić information content (AvgIpc) is 1.84. The Morgan fingerprint density at radius 1 is 1.71 bits per heavy atom. The Morgan fingerprint density at radius 3 is 2.43 bits per heavy atom. The lowest BCUT2D eigenvalue weighted by Gasteiger charge is -2.05. The van der Waals surface area contributed by atoms with Gasteiger partial charge in [-0.05, 0) is 18.2 Å². The van der Waals surface area contributed by atoms with Gasteiger partial charge in [-0.1, -0.05) is 27.6 Å². The second kappa shape index (κ2) is 3.06. The van der Waals surface area contributed by atoms with Crippen LogP contribution in [-0.2, 0) is 0 Å². The van der Waals surface area contributed by atoms with Crippen molar-refractivity contribution >= 4 is 0 Å². The molecule has 1 atom stereocenters. The highest BCUT2D eigenvalue weighted by atomic mass is 14.0. The Morgan fingerprint density at radius 2 is 2.29 bits per heavy atom. The minimum absolute atomic E-state index is 0.490. The normalized spacial score (nSPS) is 36.0. The van der Waals surface area contributed by atoms with E-state index >= 15 is 0 Å². The van der Waals surface area contributed by atoms with Crippen molar-refractivity contribution < 1.29 is 8.22 Å². The first-order chi connectivity index (χ1) is 5.44. The largest absolute Gasteiger partial charge is 0.0628 e. The molecule has 0 radical (unpaired) electrons. The van der Waals surface area contributed by atoms with E-state index in [2.05, 4.69) is 0 Å². The van der Waals surface area contributed by atoms with Crippen LogP contribution in [0.1, 0.15) is 42.2 Å². The molecule has 0 heteroatoms. The summed E-state index contributed by atoms with van der Waals surface area (Å²) in [5.41, 5.74) is 0. The minimum Gasteiger partial charge on any atom is -0.0628 e. The van der Waals surface area contributed by atoms with Crippen LogP contribution in [0.2, 0.25) is 0 Å². The minimum atomic E-state index is -2.60. The van der Waals surface area contributed by atoms with Gasteiger partial charge >= 0.3 is 0 Å². The molecule has 0 aliphatic carbocycles. The topological polar surface area (TPSA) is 0 Å². The average molecular weight is 106 g/mol. The predicted octanol–water partition coefficient (Wildman–Crippen LogP) is 2.69. The number of hydrogen-bond donors (Lipinski definition) is 0. The summed E-state index contributed by atoms with van der Waals surface area (Å²) in [5, 5.41) is 0. The number of hydrogen-bond acceptors (Lipinski definition) is 0. The zero-order chi connectivity index (χ0) is 11.1. The van der Waals surface area contributed by atoms with Gasteiger partial charge in [-0.3, -0.25) is 0 Å². The summed E-state index contributed by atoms with van der Waals surface area (Å²) >= 11 is 0. The van der Waals surface area contributed by atoms with Crippen LogP contribution in [0.25, 0.3) is 0 Å². The van der Waals surface area contributed by atoms with Crippen molar-refractivity contribution in [2.24, 2.45) is 11.8 Å². The first-order valence-corrected chi connectivity index (χ1v) is 2.44. The molecular formula is C7H16. The second-order valence-corrected chi connectivity index (χ2v) is 1.92. The third kappa shape index (κ3) is 6.00. The quantitative estimate of drug-likeness (QED) is 0.507. The van der Waals surface area contributed by atoms with E-state index in [4.69, 9.17) is 8.22 Å². The molecule has 44 valence electrons. The maximum Gasteiger partial charge on any atom is 0.0297 e. The maximum atomic E-state index is 7.57. The van der Waals surface area contributed by atoms with Gasteiger partial charge in [-0.25, -0.2) is 0 Å². The standard InChI is InChI=1S/C7H16/c1-6(2)5-7(3)4/h6-7H,5H2,1-4H3/i1D3,5D2,6D. The molecule has 0 aromatic heterocycles. The molecule has 0 nitrogen and oxygen atoms in total. The van der Waals surface area contributed by atoms with Crippen molar-refractivity contribution in [2.75, 3.05) is 0 Å². The van der Waals surface area contributed by atoms with Crippen LogP contribution < -0.4 is 0 Å². The van der Waals surface area contributed by atoms with Crippen molar-refractivity contribution in [2.45, 2.75) is 34.0 Å². The summed E-state index contributed by atoms with van der Waals surface area (Å²) in [6.07, 6.45) is -2.02. The molecule has 0 bridgehead atoms. The second-order valence-electron chi connectivity index (χ2n) is 1.92. The molecule has 0 N–H and O–H groups in total. The van der Waals surface area contributed by atoms with Gasteiger partial charge in [0.1, 0.15) is 0 Å². The zero-order valence-electron chi connectivity index (χ0n) is 11.1. The van der Waals surface area contributed by atoms with E-state index in [0.29, 0.717) is 0 Å². The molecule has 0 aromatic rings. The van der Waals surface area contributed by atoms with Crippen LogP contribution in [0, 0.1) is 11.8 Å². The summed E-state index contributed by atoms with van der Waals surface area (Å²) < 4.78 is 44.0. The molecule has 0 aromatic carbocycles. The fourth-order valence-corrected chi connectivity index (χ4v) is 0.433. The number of rotatable bonds is 2. The fraction of sp³-hybridized carbons (Fsp3) is 1.00. The molecular weight excluding hydrogens is 84.1 g/mol. The Hall–Kier alpha value is 0. The Balaban J connectivity index is 5.04. The van der Waals surface area contributed by atoms with Crippen molar-refractivity contribution in [3.63, 3.8) is 0 Å². The van der Waals surface area contributed by atoms with Crippen LogP contribution in [-0.4, -0.2) is 0 Å². The summed E-state index contributed by atoms with van der Waals surface area (Å²) in [6, 6.07) is 0. The van der Waals surface area contributed by atoms with Gasteiger partial charge in [0.25, 0.3) is 0 Å². The first-order valence-electron chi connectivity index (χ1n) is 5.44. The summed E-state index contributed by atoms with van der Waals surface area (Å²) in [4.78, 5) is 0. The molecule has 0 fully saturated rings. The van der Waals surface area contributed by atoms with Gasteiger partial charge in [0.2, 0.25) is 0 Å². The Labute approximate surface area is 55.4 Å². The molecule has 7 heavy (non-hydrogen) atoms. The van der Waals surface area contributed by atoms with Crippen molar-refractivity contribution in [1.82, 2.24) is 0 Å². The van der Waals surface area contributed by atoms with Crippen LogP contribution in [0.3, 0.4) is 0 Å². The van der Waals surface area contributed by atoms with Gasteiger partial charge in [-0.2, -0.15) is 0 Å². The summed E-state index contributed by atoms with van der Waals surface area (Å²) in [6.45, 7) is 1.69. The molecule has 0 rings (SSSR count). The van der Waals surface area contributed by atoms with Gasteiger partial charge in [-0.15, -0.1) is 0 Å². The highest BCUT2D eigenvalue weighted by Crippen LogP contribution is 2.08. The van der Waals surface area contributed by atoms with E-state index < -0.39 is 25.0 Å². The van der Waals surface area contributed by atoms with E-state index in [-0.39, 0.29) is 0 Å². The van der Waals surface area contributed by atoms with E-state index in [1.54, 1.807) is 13.8 Å². The molecule has 0 heterocycles. The lowest BCUT2D eigenvalue weighted by atomic mass is 10.0. The van der Waals surface area contributed by atoms with Crippen molar-refractivity contribution in [1.29, 1.82) is 0 Å². The van der Waals surface area contributed by atoms with Crippen molar-refractivity contribution in [3.8, 4) is 0 Å². The predicted molar refractivity (Wildman–Crippen MR) is 34.3 cm³/mol. The first kappa shape index (κ1) is 1.75. The highest BCUT2D eigenvalue weighted by molar-refractivity contribution is 4.47. The van der Waals surface area contributed by atoms with Gasteiger partial charge in [0, 0.05) is 8.22 Å². The van der Waals surface area contributed by atoms with Crippen LogP contribution >= 0.6 is 0 Å². The van der Waals surface area contributed by atoms with Crippen molar-refractivity contribution in [3.05, 3.63) is 0 Å². The molecule has 0 aliphatic rings. The third-order valence-electron chi connectivity index (χ3n) is 0.505. The zero-order valence-corrected chi connectivity index (χ0v) is 5.08. The summed E-state index contributed by atoms with van der Waals surface area (Å²) in [7, 11) is 0. The van der Waals surface area contributed by atoms with Crippen LogP contribution in [0.5, 0.6) is 0 Å². The van der Waals surface area contributed by atoms with E-state index in [9.17, 15) is 0 Å². The lowest BCUT2D eigenvalue weighted by molar-refractivity contribution is 0.469. The van der Waals surface area contributed by atoms with Gasteiger partial charge in [0.05, 0.1) is 0 Å². The van der Waals surface area contributed by atoms with E-state index in [0.717, 1.165) is 6.92 Å². The molecule has 1 unspecified atom stereocenters. The van der Waals surface area contributed by atoms with E-state index in [1.807, 2.05) is 0 Å². The monoisotopic (exact) mass is 106 g/mol. The molecule has 0 aliphatic heterocycles. The Kier molecular flexibility index (Phi) is 0.765. The molecule has 0 spiro atoms. The van der Waals surface area contributed by atoms with Gasteiger partial charge < -0.3 is 0 Å². The SMILES string of the molecule is [2H]C([2H])([2H])C([2H])(C)C([2H])([2H])C(C)C. The lowest BCUT2D eigenvalue weighted by Crippen LogP contribution is -1.93. The molecule has 0 amide bonds. The maximum absolute atomic E-state index is 7.57. The summed E-state index contributed by atoms with van der Waals surface area (Å²) in [5.74, 6) is -2.55. The van der Waals surface area contributed by atoms with Crippen LogP contribution in [0.4, 0.5) is 0 Å².